The van der Waals surface area contributed by atoms with Crippen molar-refractivity contribution in [2.45, 2.75) is 50.8 Å². The van der Waals surface area contributed by atoms with Gasteiger partial charge in [-0.2, -0.15) is 5.10 Å². The highest BCUT2D eigenvalue weighted by Crippen LogP contribution is 2.40. The number of hydrogen-bond acceptors (Lipinski definition) is 4. The van der Waals surface area contributed by atoms with Gasteiger partial charge in [-0.1, -0.05) is 30.3 Å². The summed E-state index contributed by atoms with van der Waals surface area (Å²) < 4.78 is 7.33. The maximum Gasteiger partial charge on any atom is 0.259 e. The third kappa shape index (κ3) is 3.98. The molecule has 1 aliphatic carbocycles. The summed E-state index contributed by atoms with van der Waals surface area (Å²) in [6.45, 7) is 0.523. The lowest BCUT2D eigenvalue weighted by molar-refractivity contribution is 0.0991. The highest BCUT2D eigenvalue weighted by atomic mass is 16.5. The Labute approximate surface area is 204 Å². The normalized spacial score (nSPS) is 19.5. The summed E-state index contributed by atoms with van der Waals surface area (Å²) in [6, 6.07) is 18.5. The zero-order valence-electron chi connectivity index (χ0n) is 19.9. The molecule has 1 aromatic heterocycles. The van der Waals surface area contributed by atoms with E-state index in [1.54, 1.807) is 7.11 Å². The van der Waals surface area contributed by atoms with Crippen LogP contribution in [0.3, 0.4) is 0 Å². The number of aliphatic hydroxyl groups excluding tert-OH is 1. The van der Waals surface area contributed by atoms with Gasteiger partial charge in [0.05, 0.1) is 37.7 Å². The summed E-state index contributed by atoms with van der Waals surface area (Å²) in [4.78, 5) is 15.2. The molecule has 0 atom stereocenters. The number of nitrogens with zero attached hydrogens (tertiary/aromatic N) is 3. The van der Waals surface area contributed by atoms with Gasteiger partial charge in [-0.25, -0.2) is 0 Å². The van der Waals surface area contributed by atoms with Crippen LogP contribution in [0.5, 0.6) is 5.75 Å². The molecule has 4 aromatic rings. The molecule has 1 amide bonds. The van der Waals surface area contributed by atoms with E-state index in [1.165, 1.54) is 5.56 Å². The first kappa shape index (κ1) is 21.9. The van der Waals surface area contributed by atoms with E-state index in [-0.39, 0.29) is 12.0 Å². The van der Waals surface area contributed by atoms with Gasteiger partial charge in [-0.05, 0) is 72.0 Å². The number of amides is 1. The molecule has 0 bridgehead atoms. The number of rotatable bonds is 6. The molecule has 1 aliphatic heterocycles. The van der Waals surface area contributed by atoms with E-state index in [1.807, 2.05) is 47.5 Å². The molecule has 3 aromatic carbocycles. The zero-order valence-corrected chi connectivity index (χ0v) is 19.9. The third-order valence-corrected chi connectivity index (χ3v) is 7.46. The second-order valence-corrected chi connectivity index (χ2v) is 9.68. The Hall–Kier alpha value is -3.64. The summed E-state index contributed by atoms with van der Waals surface area (Å²) in [7, 11) is 1.65. The lowest BCUT2D eigenvalue weighted by Crippen LogP contribution is -2.25. The van der Waals surface area contributed by atoms with Crippen molar-refractivity contribution in [2.75, 3.05) is 12.0 Å². The Morgan fingerprint density at radius 1 is 1.00 bits per heavy atom. The van der Waals surface area contributed by atoms with Crippen LogP contribution in [0, 0.1) is 0 Å². The Morgan fingerprint density at radius 3 is 2.57 bits per heavy atom. The zero-order chi connectivity index (χ0) is 23.9. The largest absolute Gasteiger partial charge is 0.497 e. The molecule has 1 fully saturated rings. The fourth-order valence-corrected chi connectivity index (χ4v) is 5.54. The van der Waals surface area contributed by atoms with Gasteiger partial charge >= 0.3 is 0 Å². The fourth-order valence-electron chi connectivity index (χ4n) is 5.54. The van der Waals surface area contributed by atoms with Crippen molar-refractivity contribution < 1.29 is 14.6 Å². The SMILES string of the molecule is COc1ccc(CN2C(=O)c3cccc4c(Cc5cnn(C6CCC(O)CC6)c5)ccc2c34)cc1. The standard InChI is InChI=1S/C29H29N3O3/c1-35-24-12-5-19(6-13-24)17-31-27-14-7-21(25-3-2-4-26(28(25)27)29(31)34)15-20-16-30-32(18-20)22-8-10-23(33)11-9-22/h2-7,12-14,16,18,22-23,33H,8-11,15,17H2,1H3. The summed E-state index contributed by atoms with van der Waals surface area (Å²) in [6.07, 6.45) is 8.32. The second kappa shape index (κ2) is 8.86. The predicted octanol–water partition coefficient (Wildman–Crippen LogP) is 5.27. The Kier molecular flexibility index (Phi) is 5.53. The van der Waals surface area contributed by atoms with Crippen LogP contribution in [0.2, 0.25) is 0 Å². The van der Waals surface area contributed by atoms with Crippen LogP contribution in [0.1, 0.15) is 58.8 Å². The van der Waals surface area contributed by atoms with Gasteiger partial charge in [0.15, 0.2) is 0 Å². The highest BCUT2D eigenvalue weighted by Gasteiger charge is 2.30. The van der Waals surface area contributed by atoms with Crippen molar-refractivity contribution >= 4 is 22.4 Å². The summed E-state index contributed by atoms with van der Waals surface area (Å²) in [5, 5.41) is 16.6. The molecule has 6 heteroatoms. The van der Waals surface area contributed by atoms with Crippen LogP contribution in [-0.4, -0.2) is 34.0 Å². The van der Waals surface area contributed by atoms with Gasteiger partial charge < -0.3 is 14.7 Å². The molecule has 1 saturated carbocycles. The number of aliphatic hydroxyl groups is 1. The predicted molar refractivity (Wildman–Crippen MR) is 136 cm³/mol. The van der Waals surface area contributed by atoms with Crippen LogP contribution in [0.15, 0.2) is 67.0 Å². The van der Waals surface area contributed by atoms with Crippen molar-refractivity contribution in [2.24, 2.45) is 0 Å². The molecule has 6 nitrogen and oxygen atoms in total. The molecule has 0 radical (unpaired) electrons. The maximum absolute atomic E-state index is 13.3. The summed E-state index contributed by atoms with van der Waals surface area (Å²) in [5.41, 5.74) is 5.16. The first-order chi connectivity index (χ1) is 17.1. The molecular weight excluding hydrogens is 438 g/mol. The van der Waals surface area contributed by atoms with E-state index in [2.05, 4.69) is 34.2 Å². The lowest BCUT2D eigenvalue weighted by Gasteiger charge is -2.25. The van der Waals surface area contributed by atoms with Gasteiger partial charge in [0.2, 0.25) is 0 Å². The molecule has 35 heavy (non-hydrogen) atoms. The van der Waals surface area contributed by atoms with Crippen molar-refractivity contribution in [1.29, 1.82) is 0 Å². The minimum absolute atomic E-state index is 0.0471. The maximum atomic E-state index is 13.3. The number of aromatic nitrogens is 2. The van der Waals surface area contributed by atoms with Gasteiger partial charge in [-0.15, -0.1) is 0 Å². The van der Waals surface area contributed by atoms with Crippen molar-refractivity contribution in [3.8, 4) is 5.75 Å². The smallest absolute Gasteiger partial charge is 0.259 e. The molecule has 2 heterocycles. The lowest BCUT2D eigenvalue weighted by atomic mass is 9.93. The minimum Gasteiger partial charge on any atom is -0.497 e. The molecule has 0 spiro atoms. The quantitative estimate of drug-likeness (QED) is 0.419. The number of carbonyl (C=O) groups is 1. The molecule has 178 valence electrons. The third-order valence-electron chi connectivity index (χ3n) is 7.46. The van der Waals surface area contributed by atoms with Crippen LogP contribution in [-0.2, 0) is 13.0 Å². The van der Waals surface area contributed by atoms with Gasteiger partial charge in [-0.3, -0.25) is 9.48 Å². The number of ether oxygens (including phenoxy) is 1. The molecular formula is C29H29N3O3. The van der Waals surface area contributed by atoms with Crippen LogP contribution in [0.4, 0.5) is 5.69 Å². The minimum atomic E-state index is -0.165. The van der Waals surface area contributed by atoms with Crippen LogP contribution in [0.25, 0.3) is 10.8 Å². The van der Waals surface area contributed by atoms with Crippen molar-refractivity contribution in [3.05, 3.63) is 89.2 Å². The average Bonchev–Trinajstić information content (AvgIpc) is 3.46. The summed E-state index contributed by atoms with van der Waals surface area (Å²) >= 11 is 0. The highest BCUT2D eigenvalue weighted by molar-refractivity contribution is 6.25. The number of anilines is 1. The molecule has 2 aliphatic rings. The molecule has 0 unspecified atom stereocenters. The van der Waals surface area contributed by atoms with E-state index < -0.39 is 0 Å². The Morgan fingerprint density at radius 2 is 1.80 bits per heavy atom. The first-order valence-corrected chi connectivity index (χ1v) is 12.3. The number of carbonyl (C=O) groups excluding carboxylic acids is 1. The Bertz CT molecular complexity index is 1380. The Balaban J connectivity index is 1.28. The van der Waals surface area contributed by atoms with Gasteiger partial charge in [0.1, 0.15) is 5.75 Å². The molecule has 0 saturated heterocycles. The first-order valence-electron chi connectivity index (χ1n) is 12.3. The van der Waals surface area contributed by atoms with E-state index in [0.29, 0.717) is 12.6 Å². The fraction of sp³-hybridized carbons (Fsp3) is 0.310. The van der Waals surface area contributed by atoms with Crippen LogP contribution < -0.4 is 9.64 Å². The number of hydrogen-bond donors (Lipinski definition) is 1. The van der Waals surface area contributed by atoms with E-state index in [0.717, 1.165) is 71.0 Å². The van der Waals surface area contributed by atoms with Crippen molar-refractivity contribution in [3.63, 3.8) is 0 Å². The van der Waals surface area contributed by atoms with E-state index in [4.69, 9.17) is 4.74 Å². The monoisotopic (exact) mass is 467 g/mol. The average molecular weight is 468 g/mol. The topological polar surface area (TPSA) is 67.6 Å². The number of benzene rings is 3. The van der Waals surface area contributed by atoms with E-state index in [9.17, 15) is 9.90 Å². The van der Waals surface area contributed by atoms with Crippen LogP contribution >= 0.6 is 0 Å². The van der Waals surface area contributed by atoms with Crippen molar-refractivity contribution in [1.82, 2.24) is 9.78 Å². The van der Waals surface area contributed by atoms with Gasteiger partial charge in [0, 0.05) is 23.6 Å². The van der Waals surface area contributed by atoms with Gasteiger partial charge in [0.25, 0.3) is 5.91 Å². The molecule has 6 rings (SSSR count). The second-order valence-electron chi connectivity index (χ2n) is 9.68. The number of methoxy groups -OCH3 is 1. The van der Waals surface area contributed by atoms with E-state index >= 15 is 0 Å². The molecule has 1 N–H and O–H groups in total. The summed E-state index contributed by atoms with van der Waals surface area (Å²) in [5.74, 6) is 0.854.